The van der Waals surface area contributed by atoms with E-state index in [0.717, 1.165) is 45.5 Å². The number of carbonyl (C=O) groups excluding carboxylic acids is 4. The Bertz CT molecular complexity index is 4880. The third kappa shape index (κ3) is 29.6. The summed E-state index contributed by atoms with van der Waals surface area (Å²) in [5, 5.41) is 88.1. The van der Waals surface area contributed by atoms with Gasteiger partial charge >= 0.3 is 47.2 Å². The minimum absolute atomic E-state index is 0.0231. The van der Waals surface area contributed by atoms with E-state index in [4.69, 9.17) is 35.9 Å². The Balaban J connectivity index is 0.000000282. The average molecular weight is 1770 g/mol. The lowest BCUT2D eigenvalue weighted by molar-refractivity contribution is -0.188. The van der Waals surface area contributed by atoms with Crippen LogP contribution in [0.3, 0.4) is 0 Å². The Morgan fingerprint density at radius 3 is 1.09 bits per heavy atom. The van der Waals surface area contributed by atoms with E-state index in [9.17, 15) is 120 Å². The molecule has 0 aromatic carbocycles. The van der Waals surface area contributed by atoms with Crippen LogP contribution in [0.25, 0.3) is 0 Å². The normalized spacial score (nSPS) is 25.0. The number of amides is 3. The minimum Gasteiger partial charge on any atom is -0.459 e. The SMILES string of the molecule is C=P(C)(C)CC[C@H]1O[C@@H](n2cc(CN(C)C(=O)C(F)(F)F)c(=O)[nH]c2=O)[C@H](O)[C@@H]1O.C=P(C)(C)CC[C@H]1O[C@@H](n2cc(CN(CC(=O)OC(C)(C)C)C(=O)C(F)(F)F)c(=O)[nH]c2=O)[C@H](O)[C@@H]1O.C=P(C)(C)CC[C@H]1O[C@@H](n2cc(CNC(C)=O)c(=O)[nH]c2=S)[C@H](O)[C@@H]1O.C=P(C)(C)CC[C@H]1O[C@@H](n2cc(CNC)c(=O)[nH]c2=O)[C@H](O)[C@@H]1O. The number of carbonyl (C=O) groups is 4. The number of nitrogens with one attached hydrogen (secondary N) is 6. The van der Waals surface area contributed by atoms with Gasteiger partial charge in [-0.25, -0.2) is 14.4 Å². The number of aromatic amines is 4. The van der Waals surface area contributed by atoms with Gasteiger partial charge in [0, 0.05) is 57.4 Å². The fourth-order valence-corrected chi connectivity index (χ4v) is 16.2. The van der Waals surface area contributed by atoms with Gasteiger partial charge in [-0.2, -0.15) is 26.3 Å². The molecule has 3 amide bonds. The first-order valence-electron chi connectivity index (χ1n) is 36.4. The van der Waals surface area contributed by atoms with Gasteiger partial charge in [0.25, 0.3) is 22.2 Å². The summed E-state index contributed by atoms with van der Waals surface area (Å²) in [6.07, 6.45) is -2.73. The first-order chi connectivity index (χ1) is 53.4. The largest absolute Gasteiger partial charge is 0.471 e. The highest BCUT2D eigenvalue weighted by Gasteiger charge is 2.49. The highest BCUT2D eigenvalue weighted by molar-refractivity contribution is 7.73. The molecule has 117 heavy (non-hydrogen) atoms. The Kier molecular flexibility index (Phi) is 35.1. The summed E-state index contributed by atoms with van der Waals surface area (Å²) in [5.74, 6) is -5.98. The number of aliphatic hydroxyl groups is 8. The topological polar surface area (TPSA) is 509 Å². The number of rotatable bonds is 26. The molecule has 4 saturated heterocycles. The number of halogens is 6. The highest BCUT2D eigenvalue weighted by Crippen LogP contribution is 2.43. The zero-order valence-electron chi connectivity index (χ0n) is 67.3. The van der Waals surface area contributed by atoms with Crippen LogP contribution in [0.1, 0.15) is 101 Å². The number of hydrogen-bond acceptors (Lipinski definition) is 26. The van der Waals surface area contributed by atoms with E-state index in [1.807, 2.05) is 36.6 Å². The highest BCUT2D eigenvalue weighted by atomic mass is 32.1. The van der Waals surface area contributed by atoms with Crippen molar-refractivity contribution in [2.75, 3.05) is 98.6 Å². The maximum absolute atomic E-state index is 13.2. The molecule has 36 nitrogen and oxygen atoms in total. The van der Waals surface area contributed by atoms with Crippen LogP contribution in [-0.2, 0) is 69.0 Å². The zero-order valence-corrected chi connectivity index (χ0v) is 71.7. The summed E-state index contributed by atoms with van der Waals surface area (Å²) in [5.41, 5.74) is -6.98. The van der Waals surface area contributed by atoms with E-state index in [2.05, 4.69) is 72.5 Å². The van der Waals surface area contributed by atoms with Crippen molar-refractivity contribution >= 4 is 88.7 Å². The van der Waals surface area contributed by atoms with Crippen LogP contribution in [0.4, 0.5) is 26.3 Å². The van der Waals surface area contributed by atoms with Gasteiger partial charge in [-0.1, -0.05) is 0 Å². The molecule has 662 valence electrons. The molecule has 8 heterocycles. The van der Waals surface area contributed by atoms with E-state index in [0.29, 0.717) is 43.6 Å². The van der Waals surface area contributed by atoms with Crippen LogP contribution in [0, 0.1) is 4.77 Å². The maximum Gasteiger partial charge on any atom is 0.471 e. The molecule has 4 aliphatic heterocycles. The molecule has 47 heteroatoms. The van der Waals surface area contributed by atoms with Gasteiger partial charge in [0.2, 0.25) is 5.91 Å². The van der Waals surface area contributed by atoms with Crippen LogP contribution in [0.15, 0.2) is 58.3 Å². The minimum atomic E-state index is -5.37. The van der Waals surface area contributed by atoms with Crippen LogP contribution >= 0.6 is 39.8 Å². The van der Waals surface area contributed by atoms with E-state index < -0.39 is 226 Å². The number of H-pyrrole nitrogens is 4. The fourth-order valence-electron chi connectivity index (χ4n) is 12.1. The Morgan fingerprint density at radius 2 is 0.778 bits per heavy atom. The molecule has 4 aromatic heterocycles. The maximum atomic E-state index is 13.2. The third-order valence-electron chi connectivity index (χ3n) is 18.2. The molecule has 14 N–H and O–H groups in total. The van der Waals surface area contributed by atoms with Gasteiger partial charge in [-0.15, -0.1) is 52.7 Å². The van der Waals surface area contributed by atoms with Crippen LogP contribution in [0.2, 0.25) is 0 Å². The van der Waals surface area contributed by atoms with Crippen LogP contribution in [-0.4, -0.2) is 328 Å². The van der Waals surface area contributed by atoms with E-state index >= 15 is 0 Å². The van der Waals surface area contributed by atoms with Crippen molar-refractivity contribution in [1.82, 2.24) is 58.6 Å². The molecule has 0 unspecified atom stereocenters. The molecule has 0 saturated carbocycles. The lowest BCUT2D eigenvalue weighted by Gasteiger charge is -2.26. The monoisotopic (exact) mass is 1770 g/mol. The number of esters is 1. The molecule has 0 aliphatic carbocycles. The van der Waals surface area contributed by atoms with Gasteiger partial charge in [-0.05, 0) is 144 Å². The van der Waals surface area contributed by atoms with E-state index in [1.54, 1.807) is 7.05 Å². The fraction of sp³-hybridized carbons (Fsp3) is 0.657. The lowest BCUT2D eigenvalue weighted by Crippen LogP contribution is -2.46. The van der Waals surface area contributed by atoms with E-state index in [1.165, 1.54) is 44.7 Å². The number of ether oxygens (including phenoxy) is 5. The van der Waals surface area contributed by atoms with Crippen molar-refractivity contribution in [3.63, 3.8) is 0 Å². The number of aliphatic hydroxyl groups excluding tert-OH is 8. The van der Waals surface area contributed by atoms with Gasteiger partial charge in [0.1, 0.15) is 61.0 Å². The van der Waals surface area contributed by atoms with Crippen LogP contribution in [0.5, 0.6) is 0 Å². The number of alkyl halides is 6. The summed E-state index contributed by atoms with van der Waals surface area (Å²) in [6.45, 7) is 14.0. The summed E-state index contributed by atoms with van der Waals surface area (Å²) in [4.78, 5) is 140. The molecular formula is C70H110F6N12O24P4S. The molecule has 4 aromatic rings. The molecule has 8 rings (SSSR count). The van der Waals surface area contributed by atoms with Crippen LogP contribution < -0.4 is 49.9 Å². The third-order valence-corrected chi connectivity index (χ3v) is 24.4. The summed E-state index contributed by atoms with van der Waals surface area (Å²) < 4.78 is 109. The summed E-state index contributed by atoms with van der Waals surface area (Å²) in [7, 11) is 2.54. The van der Waals surface area contributed by atoms with Crippen molar-refractivity contribution in [3.8, 4) is 0 Å². The van der Waals surface area contributed by atoms with Crippen molar-refractivity contribution in [1.29, 1.82) is 0 Å². The Labute approximate surface area is 673 Å². The predicted molar refractivity (Wildman–Crippen MR) is 435 cm³/mol. The number of nitrogens with zero attached hydrogens (tertiary/aromatic N) is 6. The molecule has 0 bridgehead atoms. The second-order valence-corrected chi connectivity index (χ2v) is 50.3. The first kappa shape index (κ1) is 101. The smallest absolute Gasteiger partial charge is 0.459 e. The van der Waals surface area contributed by atoms with Gasteiger partial charge in [0.15, 0.2) is 29.7 Å². The van der Waals surface area contributed by atoms with Gasteiger partial charge < -0.3 is 85.0 Å². The lowest BCUT2D eigenvalue weighted by atomic mass is 10.1. The first-order valence-corrected chi connectivity index (χ1v) is 49.0. The average Bonchev–Trinajstić information content (AvgIpc) is 1.68. The summed E-state index contributed by atoms with van der Waals surface area (Å²) in [6, 6.07) is 0. The predicted octanol–water partition coefficient (Wildman–Crippen LogP) is -0.502. The second-order valence-electron chi connectivity index (χ2n) is 32.6. The zero-order chi connectivity index (χ0) is 89.2. The van der Waals surface area contributed by atoms with Crippen molar-refractivity contribution in [2.45, 2.75) is 196 Å². The van der Waals surface area contributed by atoms with Crippen molar-refractivity contribution in [3.05, 3.63) is 125 Å². The van der Waals surface area contributed by atoms with E-state index in [-0.39, 0.29) is 44.7 Å². The molecular weight excluding hydrogens is 1660 g/mol. The second kappa shape index (κ2) is 40.8. The molecule has 0 spiro atoms. The quantitative estimate of drug-likeness (QED) is 0.0163. The number of hydrogen-bond donors (Lipinski definition) is 14. The summed E-state index contributed by atoms with van der Waals surface area (Å²) >= 11 is 5.17. The van der Waals surface area contributed by atoms with Crippen molar-refractivity contribution in [2.24, 2.45) is 0 Å². The van der Waals surface area contributed by atoms with Crippen molar-refractivity contribution < 1.29 is 110 Å². The molecule has 16 atom stereocenters. The Morgan fingerprint density at radius 1 is 0.487 bits per heavy atom. The molecule has 4 aliphatic rings. The van der Waals surface area contributed by atoms with Gasteiger partial charge in [0.05, 0.1) is 54.2 Å². The number of aromatic nitrogens is 8. The molecule has 4 fully saturated rings. The standard InChI is InChI=1S/C22H33F3N3O8P.C17H25F3N3O6P.C16H26N3O5PS.C15H26N3O5P/c1-21(2,3)36-14(29)11-27(19(33)22(23,24)25)9-12-10-28(20(34)26-17(12)32)18-16(31)15(30)13(35-18)7-8-37(4,5)6;1-22(15(27)17(18,19)20)7-9-8-23(16(28)21-13(9)26)14-12(25)11(24)10(29-14)5-6-30(2,3)4;1-9(20)17-7-10-8-19(16(26)18-14(10)23)15-13(22)12(21)11(24-15)5-6-25(2,3)4;1-16-7-9-8-18(15(22)17-13(9)21)14-12(20)11(19)10(23-14)5-6-24(2,3)4/h10,13,15-16,18,30-31H,4,7-9,11H2,1-3,5-6H3,(H,26,32,34);8,10-12,14,24-25H,2,5-7H2,1,3-4H3,(H,21,26,28);8,11-13,15,21-22H,2,5-7H2,1,3-4H3,(H,17,20)(H,18,23,26);8,10-12,14,16,19-20H,2,5-7H2,1,3-4H3,(H,17,21,22)/t13-,15-,16-,18-;10-,11-,12-,14-;11-,12-,13-,15-;10-,11-,12-,14-/m1111/s1. The van der Waals surface area contributed by atoms with Gasteiger partial charge in [-0.3, -0.25) is 76.6 Å². The molecule has 0 radical (unpaired) electrons. The Hall–Kier alpha value is -6.72.